The van der Waals surface area contributed by atoms with E-state index in [1.165, 1.54) is 36.1 Å². The summed E-state index contributed by atoms with van der Waals surface area (Å²) in [5.41, 5.74) is 5.83. The monoisotopic (exact) mass is 536 g/mol. The first-order chi connectivity index (χ1) is 17.6. The molecular weight excluding hydrogens is 507 g/mol. The maximum absolute atomic E-state index is 13.0. The van der Waals surface area contributed by atoms with Crippen LogP contribution in [0.2, 0.25) is 10.0 Å². The van der Waals surface area contributed by atoms with Crippen molar-refractivity contribution in [3.8, 4) is 0 Å². The van der Waals surface area contributed by atoms with Crippen LogP contribution in [-0.2, 0) is 5.75 Å². The minimum atomic E-state index is 0.0119. The summed E-state index contributed by atoms with van der Waals surface area (Å²) < 4.78 is 0. The van der Waals surface area contributed by atoms with Crippen molar-refractivity contribution < 1.29 is 4.79 Å². The van der Waals surface area contributed by atoms with Gasteiger partial charge >= 0.3 is 0 Å². The van der Waals surface area contributed by atoms with Crippen molar-refractivity contribution in [1.29, 1.82) is 0 Å². The molecule has 3 aliphatic rings. The summed E-state index contributed by atoms with van der Waals surface area (Å²) in [6, 6.07) is 23.2. The van der Waals surface area contributed by atoms with E-state index in [0.717, 1.165) is 34.5 Å². The smallest absolute Gasteiger partial charge is 0.251 e. The summed E-state index contributed by atoms with van der Waals surface area (Å²) in [4.78, 5) is 13.0. The predicted molar refractivity (Wildman–Crippen MR) is 151 cm³/mol. The lowest BCUT2D eigenvalue weighted by Gasteiger charge is -2.43. The SMILES string of the molecule is O=C(NCCSCc1ccc(Cl)c(Cl)c1)c1ccc2c(c1)[C@@H]1[C@H]3CC[C@@H](C3)[C@@H]1[C@H](c1ccccc1)N2. The second-order valence-electron chi connectivity index (χ2n) is 10.3. The summed E-state index contributed by atoms with van der Waals surface area (Å²) >= 11 is 13.9. The van der Waals surface area contributed by atoms with Crippen LogP contribution in [0, 0.1) is 17.8 Å². The number of benzene rings is 3. The molecule has 0 saturated heterocycles. The number of amides is 1. The van der Waals surface area contributed by atoms with E-state index in [-0.39, 0.29) is 5.91 Å². The Balaban J connectivity index is 1.12. The van der Waals surface area contributed by atoms with Crippen molar-refractivity contribution >= 4 is 46.6 Å². The lowest BCUT2D eigenvalue weighted by atomic mass is 9.68. The van der Waals surface area contributed by atoms with E-state index in [9.17, 15) is 4.79 Å². The van der Waals surface area contributed by atoms with Gasteiger partial charge in [0.2, 0.25) is 0 Å². The third-order valence-electron chi connectivity index (χ3n) is 8.29. The lowest BCUT2D eigenvalue weighted by Crippen LogP contribution is -2.35. The summed E-state index contributed by atoms with van der Waals surface area (Å²) in [6.45, 7) is 0.632. The zero-order valence-corrected chi connectivity index (χ0v) is 22.4. The Kier molecular flexibility index (Phi) is 6.94. The number of hydrogen-bond donors (Lipinski definition) is 2. The van der Waals surface area contributed by atoms with Gasteiger partial charge in [0.15, 0.2) is 0 Å². The van der Waals surface area contributed by atoms with Crippen molar-refractivity contribution in [2.75, 3.05) is 17.6 Å². The van der Waals surface area contributed by atoms with E-state index in [0.29, 0.717) is 34.5 Å². The van der Waals surface area contributed by atoms with Crippen molar-refractivity contribution in [1.82, 2.24) is 5.32 Å². The maximum atomic E-state index is 13.0. The van der Waals surface area contributed by atoms with Crippen LogP contribution in [0.1, 0.15) is 58.3 Å². The van der Waals surface area contributed by atoms with Gasteiger partial charge in [-0.25, -0.2) is 0 Å². The number of thioether (sulfide) groups is 1. The highest BCUT2D eigenvalue weighted by Crippen LogP contribution is 2.63. The Hall–Kier alpha value is -2.14. The Morgan fingerprint density at radius 1 is 0.972 bits per heavy atom. The molecule has 5 atom stereocenters. The fourth-order valence-electron chi connectivity index (χ4n) is 6.78. The van der Waals surface area contributed by atoms with E-state index in [1.807, 2.05) is 24.3 Å². The Bertz CT molecular complexity index is 1270. The fourth-order valence-corrected chi connectivity index (χ4v) is 7.90. The molecule has 2 saturated carbocycles. The second-order valence-corrected chi connectivity index (χ2v) is 12.2. The van der Waals surface area contributed by atoms with Gasteiger partial charge in [-0.2, -0.15) is 11.8 Å². The molecule has 0 radical (unpaired) electrons. The van der Waals surface area contributed by atoms with E-state index in [1.54, 1.807) is 11.8 Å². The van der Waals surface area contributed by atoms with Gasteiger partial charge in [0.1, 0.15) is 0 Å². The largest absolute Gasteiger partial charge is 0.378 e. The molecule has 1 heterocycles. The van der Waals surface area contributed by atoms with Crippen LogP contribution in [0.25, 0.3) is 0 Å². The molecule has 6 rings (SSSR count). The van der Waals surface area contributed by atoms with Crippen LogP contribution >= 0.6 is 35.0 Å². The molecule has 1 amide bonds. The number of hydrogen-bond acceptors (Lipinski definition) is 3. The second kappa shape index (κ2) is 10.3. The first-order valence-electron chi connectivity index (χ1n) is 12.8. The van der Waals surface area contributed by atoms with Crippen molar-refractivity contribution in [3.63, 3.8) is 0 Å². The Morgan fingerprint density at radius 2 is 1.81 bits per heavy atom. The summed E-state index contributed by atoms with van der Waals surface area (Å²) in [5, 5.41) is 8.13. The van der Waals surface area contributed by atoms with E-state index in [4.69, 9.17) is 23.2 Å². The molecule has 186 valence electrons. The lowest BCUT2D eigenvalue weighted by molar-refractivity contribution is 0.0956. The van der Waals surface area contributed by atoms with Crippen LogP contribution in [0.4, 0.5) is 5.69 Å². The van der Waals surface area contributed by atoms with Gasteiger partial charge in [0, 0.05) is 29.3 Å². The van der Waals surface area contributed by atoms with Crippen molar-refractivity contribution in [3.05, 3.63) is 99.0 Å². The highest BCUT2D eigenvalue weighted by Gasteiger charge is 2.53. The number of halogens is 2. The molecule has 2 fully saturated rings. The molecule has 0 aromatic heterocycles. The van der Waals surface area contributed by atoms with Crippen LogP contribution < -0.4 is 10.6 Å². The van der Waals surface area contributed by atoms with Gasteiger partial charge in [0.05, 0.1) is 16.1 Å². The maximum Gasteiger partial charge on any atom is 0.251 e. The van der Waals surface area contributed by atoms with Gasteiger partial charge in [-0.15, -0.1) is 0 Å². The van der Waals surface area contributed by atoms with Crippen LogP contribution in [0.3, 0.4) is 0 Å². The molecule has 3 aromatic rings. The van der Waals surface area contributed by atoms with Gasteiger partial charge in [-0.3, -0.25) is 4.79 Å². The average molecular weight is 538 g/mol. The standard InChI is InChI=1S/C30H30Cl2N2OS/c31-24-10-6-18(14-25(24)32)17-36-13-12-33-30(35)22-9-11-26-23(16-22)27-20-7-8-21(15-20)28(27)29(34-26)19-4-2-1-3-5-19/h1-6,9-11,14,16,20-21,27-29,34H,7-8,12-13,15,17H2,(H,33,35)/t20-,21-,27-,28-,29-/m0/s1. The topological polar surface area (TPSA) is 41.1 Å². The van der Waals surface area contributed by atoms with E-state index >= 15 is 0 Å². The van der Waals surface area contributed by atoms with Gasteiger partial charge in [0.25, 0.3) is 5.91 Å². The first-order valence-corrected chi connectivity index (χ1v) is 14.7. The first kappa shape index (κ1) is 24.2. The number of rotatable bonds is 7. The summed E-state index contributed by atoms with van der Waals surface area (Å²) in [6.07, 6.45) is 3.98. The van der Waals surface area contributed by atoms with E-state index in [2.05, 4.69) is 53.1 Å². The number of carbonyl (C=O) groups is 1. The number of fused-ring (bicyclic) bond motifs is 7. The molecule has 2 N–H and O–H groups in total. The molecule has 36 heavy (non-hydrogen) atoms. The van der Waals surface area contributed by atoms with Gasteiger partial charge in [-0.05, 0) is 90.0 Å². The highest BCUT2D eigenvalue weighted by molar-refractivity contribution is 7.98. The summed E-state index contributed by atoms with van der Waals surface area (Å²) in [5.74, 6) is 4.35. The Morgan fingerprint density at radius 3 is 2.64 bits per heavy atom. The van der Waals surface area contributed by atoms with E-state index < -0.39 is 0 Å². The molecule has 6 heteroatoms. The molecule has 3 nitrogen and oxygen atoms in total. The summed E-state index contributed by atoms with van der Waals surface area (Å²) in [7, 11) is 0. The van der Waals surface area contributed by atoms with Crippen molar-refractivity contribution in [2.24, 2.45) is 17.8 Å². The Labute approximate surface area is 227 Å². The quantitative estimate of drug-likeness (QED) is 0.301. The zero-order chi connectivity index (χ0) is 24.6. The fraction of sp³-hybridized carbons (Fsp3) is 0.367. The third-order valence-corrected chi connectivity index (χ3v) is 10.1. The zero-order valence-electron chi connectivity index (χ0n) is 20.1. The van der Waals surface area contributed by atoms with Gasteiger partial charge < -0.3 is 10.6 Å². The molecule has 1 aliphatic heterocycles. The number of nitrogens with one attached hydrogen (secondary N) is 2. The minimum absolute atomic E-state index is 0.0119. The van der Waals surface area contributed by atoms with Crippen LogP contribution in [-0.4, -0.2) is 18.2 Å². The predicted octanol–water partition coefficient (Wildman–Crippen LogP) is 7.95. The highest BCUT2D eigenvalue weighted by atomic mass is 35.5. The van der Waals surface area contributed by atoms with Crippen LogP contribution in [0.15, 0.2) is 66.7 Å². The normalized spacial score (nSPS) is 25.7. The molecule has 2 bridgehead atoms. The number of carbonyl (C=O) groups excluding carboxylic acids is 1. The average Bonchev–Trinajstić information content (AvgIpc) is 3.53. The molecule has 0 spiro atoms. The molecule has 2 aliphatic carbocycles. The van der Waals surface area contributed by atoms with Crippen molar-refractivity contribution in [2.45, 2.75) is 37.0 Å². The molecular formula is C30H30Cl2N2OS. The van der Waals surface area contributed by atoms with Crippen LogP contribution in [0.5, 0.6) is 0 Å². The molecule has 0 unspecified atom stereocenters. The minimum Gasteiger partial charge on any atom is -0.378 e. The van der Waals surface area contributed by atoms with Gasteiger partial charge in [-0.1, -0.05) is 59.6 Å². The molecule has 3 aromatic carbocycles. The third kappa shape index (κ3) is 4.64. The number of anilines is 1.